The fraction of sp³-hybridized carbons (Fsp3) is 0.350. The van der Waals surface area contributed by atoms with Crippen molar-refractivity contribution in [2.24, 2.45) is 0 Å². The molecule has 0 saturated heterocycles. The Hall–Kier alpha value is -2.53. The molecule has 0 spiro atoms. The Morgan fingerprint density at radius 1 is 1.12 bits per heavy atom. The van der Waals surface area contributed by atoms with Gasteiger partial charge >= 0.3 is 0 Å². The second kappa shape index (κ2) is 6.76. The average Bonchev–Trinajstić information content (AvgIpc) is 3.11. The van der Waals surface area contributed by atoms with Gasteiger partial charge in [0.15, 0.2) is 5.76 Å². The molecule has 25 heavy (non-hydrogen) atoms. The molecule has 5 nitrogen and oxygen atoms in total. The Morgan fingerprint density at radius 2 is 1.88 bits per heavy atom. The van der Waals surface area contributed by atoms with Crippen LogP contribution in [0.15, 0.2) is 39.2 Å². The number of nitrogens with zero attached hydrogens (tertiary/aromatic N) is 1. The number of amides is 1. The standard InChI is InChI=1S/C20H24N2O3/c1-12-6-8-15-14(3)19(25-18(15)10-12)20(23)21-11-16(22(4)5)17-9-7-13(2)24-17/h6-10,16H,11H2,1-5H3,(H,21,23). The summed E-state index contributed by atoms with van der Waals surface area (Å²) in [4.78, 5) is 14.7. The van der Waals surface area contributed by atoms with Gasteiger partial charge in [-0.25, -0.2) is 0 Å². The summed E-state index contributed by atoms with van der Waals surface area (Å²) in [5.74, 6) is 1.85. The first-order chi connectivity index (χ1) is 11.9. The minimum absolute atomic E-state index is 0.0374. The lowest BCUT2D eigenvalue weighted by molar-refractivity contribution is 0.0912. The topological polar surface area (TPSA) is 58.6 Å². The summed E-state index contributed by atoms with van der Waals surface area (Å²) in [5.41, 5.74) is 2.71. The molecule has 1 aromatic carbocycles. The molecule has 1 amide bonds. The van der Waals surface area contributed by atoms with Crippen LogP contribution >= 0.6 is 0 Å². The molecule has 1 unspecified atom stereocenters. The maximum atomic E-state index is 12.6. The van der Waals surface area contributed by atoms with Gasteiger partial charge in [-0.3, -0.25) is 9.69 Å². The van der Waals surface area contributed by atoms with E-state index in [4.69, 9.17) is 8.83 Å². The van der Waals surface area contributed by atoms with Crippen LogP contribution in [0.25, 0.3) is 11.0 Å². The van der Waals surface area contributed by atoms with Gasteiger partial charge in [0.2, 0.25) is 0 Å². The molecule has 0 aliphatic heterocycles. The second-order valence-electron chi connectivity index (χ2n) is 6.69. The summed E-state index contributed by atoms with van der Waals surface area (Å²) in [7, 11) is 3.92. The van der Waals surface area contributed by atoms with Crippen molar-refractivity contribution < 1.29 is 13.6 Å². The van der Waals surface area contributed by atoms with Crippen molar-refractivity contribution in [3.8, 4) is 0 Å². The molecule has 0 radical (unpaired) electrons. The summed E-state index contributed by atoms with van der Waals surface area (Å²) in [6, 6.07) is 9.81. The first kappa shape index (κ1) is 17.3. The van der Waals surface area contributed by atoms with Crippen molar-refractivity contribution in [2.75, 3.05) is 20.6 Å². The highest BCUT2D eigenvalue weighted by atomic mass is 16.3. The molecule has 0 fully saturated rings. The summed E-state index contributed by atoms with van der Waals surface area (Å²) in [5, 5.41) is 3.94. The molecular weight excluding hydrogens is 316 g/mol. The van der Waals surface area contributed by atoms with Crippen molar-refractivity contribution >= 4 is 16.9 Å². The van der Waals surface area contributed by atoms with E-state index in [1.54, 1.807) is 0 Å². The average molecular weight is 340 g/mol. The van der Waals surface area contributed by atoms with Gasteiger partial charge in [0.05, 0.1) is 6.04 Å². The number of carbonyl (C=O) groups is 1. The molecule has 0 aliphatic rings. The molecule has 2 heterocycles. The Bertz CT molecular complexity index is 905. The van der Waals surface area contributed by atoms with E-state index < -0.39 is 0 Å². The molecule has 0 bridgehead atoms. The van der Waals surface area contributed by atoms with Crippen LogP contribution in [0.1, 0.15) is 39.2 Å². The zero-order valence-corrected chi connectivity index (χ0v) is 15.3. The summed E-state index contributed by atoms with van der Waals surface area (Å²) in [6.45, 7) is 6.27. The Kier molecular flexibility index (Phi) is 4.68. The van der Waals surface area contributed by atoms with E-state index in [0.29, 0.717) is 12.3 Å². The first-order valence-electron chi connectivity index (χ1n) is 8.37. The van der Waals surface area contributed by atoms with Crippen molar-refractivity contribution in [1.82, 2.24) is 10.2 Å². The minimum Gasteiger partial charge on any atom is -0.465 e. The number of nitrogens with one attached hydrogen (secondary N) is 1. The van der Waals surface area contributed by atoms with Gasteiger partial charge in [-0.05, 0) is 58.6 Å². The van der Waals surface area contributed by atoms with Crippen LogP contribution in [0.2, 0.25) is 0 Å². The third-order valence-electron chi connectivity index (χ3n) is 4.47. The molecular formula is C20H24N2O3. The Balaban J connectivity index is 1.78. The Labute approximate surface area is 147 Å². The van der Waals surface area contributed by atoms with Crippen molar-refractivity contribution in [3.05, 3.63) is 58.7 Å². The monoisotopic (exact) mass is 340 g/mol. The van der Waals surface area contributed by atoms with Crippen LogP contribution in [0.4, 0.5) is 0 Å². The molecule has 0 saturated carbocycles. The number of hydrogen-bond donors (Lipinski definition) is 1. The van der Waals surface area contributed by atoms with E-state index in [2.05, 4.69) is 5.32 Å². The van der Waals surface area contributed by atoms with Crippen molar-refractivity contribution in [1.29, 1.82) is 0 Å². The number of furan rings is 2. The van der Waals surface area contributed by atoms with Crippen molar-refractivity contribution in [3.63, 3.8) is 0 Å². The number of fused-ring (bicyclic) bond motifs is 1. The number of benzene rings is 1. The highest BCUT2D eigenvalue weighted by molar-refractivity contribution is 5.99. The van der Waals surface area contributed by atoms with Gasteiger partial charge in [-0.1, -0.05) is 12.1 Å². The number of carbonyl (C=O) groups excluding carboxylic acids is 1. The number of aryl methyl sites for hydroxylation is 3. The van der Waals surface area contributed by atoms with E-state index in [0.717, 1.165) is 33.6 Å². The van der Waals surface area contributed by atoms with E-state index in [-0.39, 0.29) is 11.9 Å². The lowest BCUT2D eigenvalue weighted by Crippen LogP contribution is -2.34. The Morgan fingerprint density at radius 3 is 2.52 bits per heavy atom. The normalized spacial score (nSPS) is 12.7. The molecule has 5 heteroatoms. The number of likely N-dealkylation sites (N-methyl/N-ethyl adjacent to an activating group) is 1. The maximum Gasteiger partial charge on any atom is 0.287 e. The molecule has 3 aromatic rings. The highest BCUT2D eigenvalue weighted by Crippen LogP contribution is 2.26. The maximum absolute atomic E-state index is 12.6. The lowest BCUT2D eigenvalue weighted by atomic mass is 10.1. The van der Waals surface area contributed by atoms with Crippen LogP contribution in [0.5, 0.6) is 0 Å². The van der Waals surface area contributed by atoms with Gasteiger partial charge in [0, 0.05) is 17.5 Å². The van der Waals surface area contributed by atoms with Crippen LogP contribution in [0, 0.1) is 20.8 Å². The van der Waals surface area contributed by atoms with Gasteiger partial charge in [-0.15, -0.1) is 0 Å². The minimum atomic E-state index is -0.207. The van der Waals surface area contributed by atoms with Crippen molar-refractivity contribution in [2.45, 2.75) is 26.8 Å². The van der Waals surface area contributed by atoms with Gasteiger partial charge < -0.3 is 14.2 Å². The molecule has 0 aliphatic carbocycles. The quantitative estimate of drug-likeness (QED) is 0.763. The first-order valence-corrected chi connectivity index (χ1v) is 8.37. The third kappa shape index (κ3) is 3.46. The van der Waals surface area contributed by atoms with Crippen LogP contribution in [0.3, 0.4) is 0 Å². The number of hydrogen-bond acceptors (Lipinski definition) is 4. The van der Waals surface area contributed by atoms with Gasteiger partial charge in [-0.2, -0.15) is 0 Å². The van der Waals surface area contributed by atoms with E-state index in [9.17, 15) is 4.79 Å². The molecule has 2 aromatic heterocycles. The van der Waals surface area contributed by atoms with Gasteiger partial charge in [0.25, 0.3) is 5.91 Å². The smallest absolute Gasteiger partial charge is 0.287 e. The summed E-state index contributed by atoms with van der Waals surface area (Å²) < 4.78 is 11.5. The van der Waals surface area contributed by atoms with Gasteiger partial charge in [0.1, 0.15) is 17.1 Å². The largest absolute Gasteiger partial charge is 0.465 e. The predicted molar refractivity (Wildman–Crippen MR) is 97.9 cm³/mol. The van der Waals surface area contributed by atoms with E-state index in [1.807, 2.05) is 70.1 Å². The lowest BCUT2D eigenvalue weighted by Gasteiger charge is -2.22. The van der Waals surface area contributed by atoms with E-state index >= 15 is 0 Å². The molecule has 132 valence electrons. The molecule has 1 N–H and O–H groups in total. The fourth-order valence-corrected chi connectivity index (χ4v) is 2.99. The predicted octanol–water partition coefficient (Wildman–Crippen LogP) is 3.98. The second-order valence-corrected chi connectivity index (χ2v) is 6.69. The van der Waals surface area contributed by atoms with Crippen LogP contribution in [-0.2, 0) is 0 Å². The third-order valence-corrected chi connectivity index (χ3v) is 4.47. The zero-order chi connectivity index (χ0) is 18.1. The zero-order valence-electron chi connectivity index (χ0n) is 15.3. The summed E-state index contributed by atoms with van der Waals surface area (Å²) >= 11 is 0. The number of rotatable bonds is 5. The van der Waals surface area contributed by atoms with Crippen LogP contribution < -0.4 is 5.32 Å². The molecule has 3 rings (SSSR count). The highest BCUT2D eigenvalue weighted by Gasteiger charge is 2.22. The fourth-order valence-electron chi connectivity index (χ4n) is 2.99. The van der Waals surface area contributed by atoms with E-state index in [1.165, 1.54) is 0 Å². The SMILES string of the molecule is Cc1ccc2c(C)c(C(=O)NCC(c3ccc(C)o3)N(C)C)oc2c1. The van der Waals surface area contributed by atoms with Crippen LogP contribution in [-0.4, -0.2) is 31.4 Å². The molecule has 1 atom stereocenters. The summed E-state index contributed by atoms with van der Waals surface area (Å²) in [6.07, 6.45) is 0.